The first-order chi connectivity index (χ1) is 24.7. The highest BCUT2D eigenvalue weighted by atomic mass is 16.7. The van der Waals surface area contributed by atoms with Gasteiger partial charge >= 0.3 is 0 Å². The Morgan fingerprint density at radius 2 is 1.51 bits per heavy atom. The molecule has 0 radical (unpaired) electrons. The first kappa shape index (κ1) is 37.9. The molecule has 0 saturated carbocycles. The third-order valence-corrected chi connectivity index (χ3v) is 9.98. The predicted molar refractivity (Wildman–Crippen MR) is 201 cm³/mol. The van der Waals surface area contributed by atoms with Crippen LogP contribution in [0.3, 0.4) is 0 Å². The first-order valence-corrected chi connectivity index (χ1v) is 18.2. The minimum Gasteiger partial charge on any atom is -0.392 e. The maximum Gasteiger partial charge on any atom is 0.220 e. The van der Waals surface area contributed by atoms with Crippen LogP contribution < -0.4 is 10.6 Å². The van der Waals surface area contributed by atoms with Crippen molar-refractivity contribution in [3.63, 3.8) is 0 Å². The number of carbonyl (C=O) groups is 2. The number of benzene rings is 4. The molecule has 0 spiro atoms. The molecule has 8 heteroatoms. The van der Waals surface area contributed by atoms with Crippen molar-refractivity contribution in [2.75, 3.05) is 20.1 Å². The molecule has 5 rings (SSSR count). The van der Waals surface area contributed by atoms with Crippen molar-refractivity contribution in [1.29, 1.82) is 0 Å². The van der Waals surface area contributed by atoms with Gasteiger partial charge in [0.2, 0.25) is 11.8 Å². The minimum absolute atomic E-state index is 0.00185. The van der Waals surface area contributed by atoms with Crippen molar-refractivity contribution in [2.45, 2.75) is 84.1 Å². The Labute approximate surface area is 303 Å². The zero-order valence-corrected chi connectivity index (χ0v) is 30.4. The van der Waals surface area contributed by atoms with E-state index in [0.29, 0.717) is 19.5 Å². The largest absolute Gasteiger partial charge is 0.392 e. The topological polar surface area (TPSA) is 100 Å². The molecule has 4 aromatic carbocycles. The summed E-state index contributed by atoms with van der Waals surface area (Å²) in [5.41, 5.74) is 7.30. The third kappa shape index (κ3) is 10.6. The number of aliphatic hydroxyl groups is 1. The number of nitrogens with zero attached hydrogens (tertiary/aromatic N) is 1. The van der Waals surface area contributed by atoms with E-state index in [2.05, 4.69) is 109 Å². The van der Waals surface area contributed by atoms with Crippen molar-refractivity contribution in [1.82, 2.24) is 15.5 Å². The second kappa shape index (κ2) is 18.8. The lowest BCUT2D eigenvalue weighted by atomic mass is 9.89. The lowest BCUT2D eigenvalue weighted by Crippen LogP contribution is -2.44. The SMILES string of the molecule is CC(=O)NCCCCCC(=O)NCc1ccccc1-c1ccc([C@H]2O[C@@H](CN(C)[C@@H](C)c3ccccc3)[C@@H](C)[C@@H](c3ccc(CO)cc3)O2)cc1. The zero-order chi connectivity index (χ0) is 36.2. The van der Waals surface area contributed by atoms with Crippen LogP contribution in [0.5, 0.6) is 0 Å². The van der Waals surface area contributed by atoms with E-state index < -0.39 is 6.29 Å². The van der Waals surface area contributed by atoms with Gasteiger partial charge in [0.15, 0.2) is 6.29 Å². The van der Waals surface area contributed by atoms with Crippen LogP contribution in [0.15, 0.2) is 103 Å². The van der Waals surface area contributed by atoms with Crippen LogP contribution in [0.1, 0.15) is 92.7 Å². The van der Waals surface area contributed by atoms with Gasteiger partial charge in [0.25, 0.3) is 0 Å². The maximum atomic E-state index is 12.6. The van der Waals surface area contributed by atoms with Gasteiger partial charge in [-0.25, -0.2) is 0 Å². The van der Waals surface area contributed by atoms with Crippen molar-refractivity contribution < 1.29 is 24.2 Å². The van der Waals surface area contributed by atoms with Gasteiger partial charge in [-0.3, -0.25) is 14.5 Å². The first-order valence-electron chi connectivity index (χ1n) is 18.2. The number of nitrogens with one attached hydrogen (secondary N) is 2. The van der Waals surface area contributed by atoms with E-state index >= 15 is 0 Å². The average Bonchev–Trinajstić information content (AvgIpc) is 3.16. The Hall–Kier alpha value is -4.34. The van der Waals surface area contributed by atoms with Gasteiger partial charge in [0.05, 0.1) is 18.8 Å². The highest BCUT2D eigenvalue weighted by Crippen LogP contribution is 2.42. The van der Waals surface area contributed by atoms with Gasteiger partial charge in [-0.15, -0.1) is 0 Å². The van der Waals surface area contributed by atoms with Crippen LogP contribution in [0.4, 0.5) is 0 Å². The summed E-state index contributed by atoms with van der Waals surface area (Å²) in [6.07, 6.45) is 2.17. The number of hydrogen-bond donors (Lipinski definition) is 3. The summed E-state index contributed by atoms with van der Waals surface area (Å²) in [6.45, 7) is 7.76. The molecule has 0 aliphatic carbocycles. The van der Waals surface area contributed by atoms with Crippen LogP contribution >= 0.6 is 0 Å². The fourth-order valence-electron chi connectivity index (χ4n) is 6.67. The highest BCUT2D eigenvalue weighted by molar-refractivity contribution is 5.76. The molecule has 1 heterocycles. The maximum absolute atomic E-state index is 12.6. The molecule has 51 heavy (non-hydrogen) atoms. The Kier molecular flexibility index (Phi) is 13.9. The molecular formula is C43H53N3O5. The lowest BCUT2D eigenvalue weighted by molar-refractivity contribution is -0.276. The summed E-state index contributed by atoms with van der Waals surface area (Å²) < 4.78 is 13.5. The molecule has 1 saturated heterocycles. The van der Waals surface area contributed by atoms with Crippen LogP contribution in [-0.2, 0) is 32.2 Å². The quantitative estimate of drug-likeness (QED) is 0.105. The number of ether oxygens (including phenoxy) is 2. The second-order valence-corrected chi connectivity index (χ2v) is 13.7. The van der Waals surface area contributed by atoms with E-state index in [9.17, 15) is 14.7 Å². The van der Waals surface area contributed by atoms with E-state index in [1.807, 2.05) is 30.3 Å². The fraction of sp³-hybridized carbons (Fsp3) is 0.395. The van der Waals surface area contributed by atoms with Gasteiger partial charge in [-0.05, 0) is 60.2 Å². The molecular weight excluding hydrogens is 638 g/mol. The summed E-state index contributed by atoms with van der Waals surface area (Å²) in [6, 6.07) is 35.3. The monoisotopic (exact) mass is 691 g/mol. The normalized spacial score (nSPS) is 19.4. The van der Waals surface area contributed by atoms with Crippen LogP contribution in [0.2, 0.25) is 0 Å². The summed E-state index contributed by atoms with van der Waals surface area (Å²) in [7, 11) is 2.15. The van der Waals surface area contributed by atoms with E-state index in [0.717, 1.165) is 59.2 Å². The van der Waals surface area contributed by atoms with Gasteiger partial charge in [0, 0.05) is 50.5 Å². The van der Waals surface area contributed by atoms with E-state index in [1.165, 1.54) is 12.5 Å². The number of unbranched alkanes of at least 4 members (excludes halogenated alkanes) is 2. The van der Waals surface area contributed by atoms with Crippen molar-refractivity contribution >= 4 is 11.8 Å². The van der Waals surface area contributed by atoms with Crippen LogP contribution in [-0.4, -0.2) is 48.1 Å². The molecule has 0 bridgehead atoms. The fourth-order valence-corrected chi connectivity index (χ4v) is 6.67. The Balaban J connectivity index is 1.27. The van der Waals surface area contributed by atoms with Gasteiger partial charge in [0.1, 0.15) is 0 Å². The summed E-state index contributed by atoms with van der Waals surface area (Å²) in [5, 5.41) is 15.5. The molecule has 5 atom stereocenters. The highest BCUT2D eigenvalue weighted by Gasteiger charge is 2.39. The average molecular weight is 692 g/mol. The molecule has 4 aromatic rings. The zero-order valence-electron chi connectivity index (χ0n) is 30.4. The van der Waals surface area contributed by atoms with Crippen molar-refractivity contribution in [3.05, 3.63) is 131 Å². The van der Waals surface area contributed by atoms with Gasteiger partial charge in [-0.1, -0.05) is 116 Å². The number of likely N-dealkylation sites (N-methyl/N-ethyl adjacent to an activating group) is 1. The number of aliphatic hydroxyl groups excluding tert-OH is 1. The Morgan fingerprint density at radius 1 is 0.824 bits per heavy atom. The van der Waals surface area contributed by atoms with E-state index in [4.69, 9.17) is 9.47 Å². The summed E-state index contributed by atoms with van der Waals surface area (Å²) in [4.78, 5) is 26.0. The van der Waals surface area contributed by atoms with Crippen LogP contribution in [0.25, 0.3) is 11.1 Å². The van der Waals surface area contributed by atoms with Gasteiger partial charge in [-0.2, -0.15) is 0 Å². The lowest BCUT2D eigenvalue weighted by Gasteiger charge is -2.43. The molecule has 1 fully saturated rings. The smallest absolute Gasteiger partial charge is 0.220 e. The number of hydrogen-bond acceptors (Lipinski definition) is 6. The van der Waals surface area contributed by atoms with E-state index in [1.54, 1.807) is 0 Å². The number of carbonyl (C=O) groups excluding carboxylic acids is 2. The Morgan fingerprint density at radius 3 is 2.22 bits per heavy atom. The van der Waals surface area contributed by atoms with Crippen molar-refractivity contribution in [2.24, 2.45) is 5.92 Å². The van der Waals surface area contributed by atoms with Crippen molar-refractivity contribution in [3.8, 4) is 11.1 Å². The molecule has 270 valence electrons. The molecule has 3 N–H and O–H groups in total. The number of rotatable bonds is 16. The molecule has 1 aliphatic heterocycles. The standard InChI is InChI=1S/C43H53N3O5/c1-30-40(28-46(4)31(2)34-13-7-5-8-14-34)50-43(51-42(30)36-20-18-33(29-47)19-21-36)37-24-22-35(23-25-37)39-16-11-10-15-38(39)27-45-41(49)17-9-6-12-26-44-32(3)48/h5,7-8,10-11,13-16,18-25,30-31,40,42-43,47H,6,9,12,17,26-29H2,1-4H3,(H,44,48)(H,45,49)/t30-,31+,40+,42+,43+/m1/s1. The predicted octanol–water partition coefficient (Wildman–Crippen LogP) is 7.64. The molecule has 0 unspecified atom stereocenters. The van der Waals surface area contributed by atoms with Crippen LogP contribution in [0, 0.1) is 5.92 Å². The van der Waals surface area contributed by atoms with Gasteiger partial charge < -0.3 is 25.2 Å². The second-order valence-electron chi connectivity index (χ2n) is 13.7. The minimum atomic E-state index is -0.559. The third-order valence-electron chi connectivity index (χ3n) is 9.98. The number of amides is 2. The molecule has 8 nitrogen and oxygen atoms in total. The summed E-state index contributed by atoms with van der Waals surface area (Å²) in [5.74, 6) is 0.0826. The Bertz CT molecular complexity index is 1680. The molecule has 2 amide bonds. The summed E-state index contributed by atoms with van der Waals surface area (Å²) >= 11 is 0. The molecule has 0 aromatic heterocycles. The molecule has 1 aliphatic rings. The van der Waals surface area contributed by atoms with E-state index in [-0.39, 0.29) is 42.6 Å².